The standard InChI is InChI=1S/C26H27FN4O2/c1-4-30-13-14-31(25(32)23-16-28-18(3)29-17(23)2)24(26(30)33)15-20-7-5-6-8-22(20)19-9-11-21(27)12-10-19/h5-12,16,24H,4,13-15H2,1-3H3/t24-/m0/s1. The lowest BCUT2D eigenvalue weighted by molar-refractivity contribution is -0.139. The van der Waals surface area contributed by atoms with Crippen molar-refractivity contribution in [3.8, 4) is 11.1 Å². The predicted molar refractivity (Wildman–Crippen MR) is 124 cm³/mol. The van der Waals surface area contributed by atoms with Crippen molar-refractivity contribution in [1.82, 2.24) is 19.8 Å². The van der Waals surface area contributed by atoms with Crippen molar-refractivity contribution in [3.63, 3.8) is 0 Å². The topological polar surface area (TPSA) is 66.4 Å². The smallest absolute Gasteiger partial charge is 0.258 e. The van der Waals surface area contributed by atoms with Crippen molar-refractivity contribution in [1.29, 1.82) is 0 Å². The highest BCUT2D eigenvalue weighted by Crippen LogP contribution is 2.28. The SMILES string of the molecule is CCN1CCN(C(=O)c2cnc(C)nc2C)[C@@H](Cc2ccccc2-c2ccc(F)cc2)C1=O. The summed E-state index contributed by atoms with van der Waals surface area (Å²) >= 11 is 0. The Morgan fingerprint density at radius 1 is 1.09 bits per heavy atom. The average Bonchev–Trinajstić information content (AvgIpc) is 2.81. The predicted octanol–water partition coefficient (Wildman–Crippen LogP) is 3.82. The fourth-order valence-corrected chi connectivity index (χ4v) is 4.36. The number of halogens is 1. The van der Waals surface area contributed by atoms with Crippen LogP contribution in [0.15, 0.2) is 54.7 Å². The van der Waals surface area contributed by atoms with Gasteiger partial charge in [-0.1, -0.05) is 36.4 Å². The highest BCUT2D eigenvalue weighted by Gasteiger charge is 2.38. The van der Waals surface area contributed by atoms with Crippen molar-refractivity contribution in [3.05, 3.63) is 83.2 Å². The van der Waals surface area contributed by atoms with E-state index in [0.717, 1.165) is 16.7 Å². The summed E-state index contributed by atoms with van der Waals surface area (Å²) in [5.41, 5.74) is 3.72. The first kappa shape index (κ1) is 22.6. The lowest BCUT2D eigenvalue weighted by atomic mass is 9.93. The van der Waals surface area contributed by atoms with Crippen LogP contribution < -0.4 is 0 Å². The van der Waals surface area contributed by atoms with Crippen LogP contribution in [0.4, 0.5) is 4.39 Å². The number of hydrogen-bond acceptors (Lipinski definition) is 4. The second kappa shape index (κ2) is 9.48. The second-order valence-electron chi connectivity index (χ2n) is 8.22. The lowest BCUT2D eigenvalue weighted by Crippen LogP contribution is -2.59. The van der Waals surface area contributed by atoms with E-state index in [1.807, 2.05) is 31.2 Å². The number of rotatable bonds is 5. The number of benzene rings is 2. The van der Waals surface area contributed by atoms with E-state index >= 15 is 0 Å². The average molecular weight is 447 g/mol. The molecule has 1 aliphatic rings. The van der Waals surface area contributed by atoms with Crippen LogP contribution in [0, 0.1) is 19.7 Å². The number of aryl methyl sites for hydroxylation is 2. The number of aromatic nitrogens is 2. The fraction of sp³-hybridized carbons (Fsp3) is 0.308. The number of piperazine rings is 1. The summed E-state index contributed by atoms with van der Waals surface area (Å²) in [4.78, 5) is 38.8. The zero-order valence-electron chi connectivity index (χ0n) is 19.1. The quantitative estimate of drug-likeness (QED) is 0.598. The largest absolute Gasteiger partial charge is 0.339 e. The van der Waals surface area contributed by atoms with Gasteiger partial charge in [-0.25, -0.2) is 14.4 Å². The molecule has 0 saturated carbocycles. The number of hydrogen-bond donors (Lipinski definition) is 0. The molecule has 2 amide bonds. The first-order valence-corrected chi connectivity index (χ1v) is 11.1. The van der Waals surface area contributed by atoms with Gasteiger partial charge in [0.05, 0.1) is 11.3 Å². The van der Waals surface area contributed by atoms with Crippen LogP contribution in [-0.4, -0.2) is 57.3 Å². The van der Waals surface area contributed by atoms with E-state index in [9.17, 15) is 14.0 Å². The molecule has 0 unspecified atom stereocenters. The Balaban J connectivity index is 1.70. The molecule has 0 bridgehead atoms. The van der Waals surface area contributed by atoms with Crippen LogP contribution in [0.25, 0.3) is 11.1 Å². The van der Waals surface area contributed by atoms with Gasteiger partial charge in [-0.05, 0) is 49.6 Å². The molecule has 4 rings (SSSR count). The number of likely N-dealkylation sites (N-methyl/N-ethyl adjacent to an activating group) is 1. The van der Waals surface area contributed by atoms with E-state index in [2.05, 4.69) is 9.97 Å². The first-order chi connectivity index (χ1) is 15.9. The van der Waals surface area contributed by atoms with Crippen LogP contribution in [0.5, 0.6) is 0 Å². The molecule has 170 valence electrons. The maximum atomic E-state index is 13.5. The Kier molecular flexibility index (Phi) is 6.49. The molecular formula is C26H27FN4O2. The van der Waals surface area contributed by atoms with E-state index in [-0.39, 0.29) is 17.6 Å². The molecule has 2 aromatic carbocycles. The van der Waals surface area contributed by atoms with Crippen molar-refractivity contribution in [2.75, 3.05) is 19.6 Å². The van der Waals surface area contributed by atoms with Gasteiger partial charge < -0.3 is 9.80 Å². The molecule has 33 heavy (non-hydrogen) atoms. The Morgan fingerprint density at radius 2 is 1.82 bits per heavy atom. The van der Waals surface area contributed by atoms with Crippen LogP contribution in [0.1, 0.15) is 34.4 Å². The van der Waals surface area contributed by atoms with Gasteiger partial charge in [0, 0.05) is 32.3 Å². The fourth-order valence-electron chi connectivity index (χ4n) is 4.36. The van der Waals surface area contributed by atoms with Gasteiger partial charge in [0.25, 0.3) is 5.91 Å². The molecule has 0 aliphatic carbocycles. The molecule has 1 atom stereocenters. The van der Waals surface area contributed by atoms with Crippen LogP contribution >= 0.6 is 0 Å². The number of carbonyl (C=O) groups is 2. The van der Waals surface area contributed by atoms with Gasteiger partial charge in [0.15, 0.2) is 0 Å². The first-order valence-electron chi connectivity index (χ1n) is 11.1. The van der Waals surface area contributed by atoms with Crippen molar-refractivity contribution >= 4 is 11.8 Å². The summed E-state index contributed by atoms with van der Waals surface area (Å²) in [6, 6.07) is 13.4. The summed E-state index contributed by atoms with van der Waals surface area (Å²) in [6.45, 7) is 7.02. The molecule has 1 fully saturated rings. The third kappa shape index (κ3) is 4.62. The van der Waals surface area contributed by atoms with Crippen molar-refractivity contribution in [2.45, 2.75) is 33.2 Å². The maximum Gasteiger partial charge on any atom is 0.258 e. The van der Waals surface area contributed by atoms with Gasteiger partial charge in [0.1, 0.15) is 17.7 Å². The number of nitrogens with zero attached hydrogens (tertiary/aromatic N) is 4. The van der Waals surface area contributed by atoms with Gasteiger partial charge in [-0.15, -0.1) is 0 Å². The molecule has 2 heterocycles. The summed E-state index contributed by atoms with van der Waals surface area (Å²) in [5.74, 6) is -0.0111. The number of carbonyl (C=O) groups excluding carboxylic acids is 2. The molecule has 1 aromatic heterocycles. The minimum Gasteiger partial charge on any atom is -0.339 e. The van der Waals surface area contributed by atoms with Crippen molar-refractivity contribution < 1.29 is 14.0 Å². The molecule has 1 saturated heterocycles. The van der Waals surface area contributed by atoms with Crippen LogP contribution in [-0.2, 0) is 11.2 Å². The summed E-state index contributed by atoms with van der Waals surface area (Å²) in [5, 5.41) is 0. The van der Waals surface area contributed by atoms with Gasteiger partial charge >= 0.3 is 0 Å². The molecule has 0 radical (unpaired) electrons. The minimum absolute atomic E-state index is 0.0725. The van der Waals surface area contributed by atoms with Crippen molar-refractivity contribution in [2.24, 2.45) is 0 Å². The maximum absolute atomic E-state index is 13.5. The molecule has 7 heteroatoms. The van der Waals surface area contributed by atoms with E-state index < -0.39 is 6.04 Å². The molecule has 0 spiro atoms. The highest BCUT2D eigenvalue weighted by molar-refractivity contribution is 5.99. The van der Waals surface area contributed by atoms with E-state index in [0.29, 0.717) is 43.1 Å². The summed E-state index contributed by atoms with van der Waals surface area (Å²) < 4.78 is 13.5. The van der Waals surface area contributed by atoms with Gasteiger partial charge in [0.2, 0.25) is 5.91 Å². The van der Waals surface area contributed by atoms with E-state index in [1.165, 1.54) is 12.1 Å². The Morgan fingerprint density at radius 3 is 2.52 bits per heavy atom. The van der Waals surface area contributed by atoms with Gasteiger partial charge in [-0.2, -0.15) is 0 Å². The highest BCUT2D eigenvalue weighted by atomic mass is 19.1. The van der Waals surface area contributed by atoms with E-state index in [1.54, 1.807) is 42.0 Å². The molecule has 6 nitrogen and oxygen atoms in total. The minimum atomic E-state index is -0.645. The van der Waals surface area contributed by atoms with Crippen LogP contribution in [0.2, 0.25) is 0 Å². The third-order valence-electron chi connectivity index (χ3n) is 6.14. The molecule has 1 aliphatic heterocycles. The third-order valence-corrected chi connectivity index (χ3v) is 6.14. The normalized spacial score (nSPS) is 16.2. The Labute approximate surface area is 193 Å². The molecular weight excluding hydrogens is 419 g/mol. The van der Waals surface area contributed by atoms with E-state index in [4.69, 9.17) is 0 Å². The summed E-state index contributed by atoms with van der Waals surface area (Å²) in [6.07, 6.45) is 1.90. The lowest BCUT2D eigenvalue weighted by Gasteiger charge is -2.40. The zero-order chi connectivity index (χ0) is 23.5. The number of amides is 2. The molecule has 0 N–H and O–H groups in total. The summed E-state index contributed by atoms with van der Waals surface area (Å²) in [7, 11) is 0. The zero-order valence-corrected chi connectivity index (χ0v) is 19.1. The van der Waals surface area contributed by atoms with Crippen LogP contribution in [0.3, 0.4) is 0 Å². The molecule has 3 aromatic rings. The monoisotopic (exact) mass is 446 g/mol. The van der Waals surface area contributed by atoms with Gasteiger partial charge in [-0.3, -0.25) is 9.59 Å². The Hall–Kier alpha value is -3.61. The second-order valence-corrected chi connectivity index (χ2v) is 8.22. The Bertz CT molecular complexity index is 1180.